The van der Waals surface area contributed by atoms with E-state index in [-0.39, 0.29) is 11.1 Å². The smallest absolute Gasteiger partial charge is 0.0919 e. The van der Waals surface area contributed by atoms with Crippen LogP contribution < -0.4 is 10.6 Å². The molecule has 4 unspecified atom stereocenters. The average molecular weight is 266 g/mol. The van der Waals surface area contributed by atoms with Gasteiger partial charge >= 0.3 is 0 Å². The van der Waals surface area contributed by atoms with Crippen molar-refractivity contribution in [3.05, 3.63) is 48.6 Å². The van der Waals surface area contributed by atoms with E-state index in [1.54, 1.807) is 0 Å². The third-order valence-corrected chi connectivity index (χ3v) is 4.21. The fourth-order valence-electron chi connectivity index (χ4n) is 2.82. The van der Waals surface area contributed by atoms with E-state index in [1.807, 2.05) is 12.4 Å². The van der Waals surface area contributed by atoms with Crippen LogP contribution in [0.2, 0.25) is 0 Å². The van der Waals surface area contributed by atoms with Crippen molar-refractivity contribution in [2.75, 3.05) is 13.1 Å². The zero-order chi connectivity index (χ0) is 13.5. The molecule has 20 heavy (non-hydrogen) atoms. The normalized spacial score (nSPS) is 43.2. The van der Waals surface area contributed by atoms with Crippen molar-refractivity contribution in [1.29, 1.82) is 0 Å². The molecule has 0 aromatic carbocycles. The van der Waals surface area contributed by atoms with Gasteiger partial charge in [-0.3, -0.25) is 20.6 Å². The van der Waals surface area contributed by atoms with Crippen LogP contribution in [0.15, 0.2) is 58.6 Å². The van der Waals surface area contributed by atoms with Gasteiger partial charge in [-0.15, -0.1) is 0 Å². The van der Waals surface area contributed by atoms with Crippen molar-refractivity contribution in [1.82, 2.24) is 10.6 Å². The van der Waals surface area contributed by atoms with E-state index in [2.05, 4.69) is 69.2 Å². The summed E-state index contributed by atoms with van der Waals surface area (Å²) in [7, 11) is 0. The monoisotopic (exact) mass is 266 g/mol. The molecule has 0 aromatic rings. The second-order valence-electron chi connectivity index (χ2n) is 5.67. The van der Waals surface area contributed by atoms with Gasteiger partial charge in [0.15, 0.2) is 0 Å². The van der Waals surface area contributed by atoms with E-state index < -0.39 is 0 Å². The molecule has 2 aliphatic heterocycles. The SMILES string of the molecule is C1=CC2NC2(C=NCCN=CC23C=CC=CC2N3)C=C1. The summed E-state index contributed by atoms with van der Waals surface area (Å²) in [5.41, 5.74) is -0.00556. The molecule has 4 atom stereocenters. The molecule has 0 bridgehead atoms. The second kappa shape index (κ2) is 4.36. The molecule has 0 radical (unpaired) electrons. The first kappa shape index (κ1) is 12.0. The van der Waals surface area contributed by atoms with Crippen molar-refractivity contribution >= 4 is 12.4 Å². The topological polar surface area (TPSA) is 68.6 Å². The molecule has 4 heteroatoms. The van der Waals surface area contributed by atoms with Gasteiger partial charge in [0.1, 0.15) is 0 Å². The number of hydrogen-bond donors (Lipinski definition) is 2. The van der Waals surface area contributed by atoms with Crippen LogP contribution in [0.4, 0.5) is 0 Å². The molecular weight excluding hydrogens is 248 g/mol. The number of hydrogen-bond acceptors (Lipinski definition) is 4. The summed E-state index contributed by atoms with van der Waals surface area (Å²) < 4.78 is 0. The standard InChI is InChI=1S/C16H18N4/c1-3-7-15(13(5-1)19-15)11-17-9-10-18-12-16-8-4-2-6-14(16)20-16/h1-8,11-14,19-20H,9-10H2. The van der Waals surface area contributed by atoms with Crippen LogP contribution in [0, 0.1) is 0 Å². The lowest BCUT2D eigenvalue weighted by Gasteiger charge is -2.04. The highest BCUT2D eigenvalue weighted by molar-refractivity contribution is 5.82. The first-order chi connectivity index (χ1) is 9.83. The Morgan fingerprint density at radius 3 is 1.75 bits per heavy atom. The van der Waals surface area contributed by atoms with Gasteiger partial charge in [-0.1, -0.05) is 48.6 Å². The van der Waals surface area contributed by atoms with E-state index in [4.69, 9.17) is 0 Å². The molecule has 2 aliphatic carbocycles. The molecule has 4 nitrogen and oxygen atoms in total. The van der Waals surface area contributed by atoms with E-state index in [1.165, 1.54) is 0 Å². The van der Waals surface area contributed by atoms with Crippen molar-refractivity contribution in [2.45, 2.75) is 23.2 Å². The lowest BCUT2D eigenvalue weighted by atomic mass is 10.0. The molecule has 0 aromatic heterocycles. The summed E-state index contributed by atoms with van der Waals surface area (Å²) >= 11 is 0. The van der Waals surface area contributed by atoms with Gasteiger partial charge in [0.2, 0.25) is 0 Å². The van der Waals surface area contributed by atoms with E-state index >= 15 is 0 Å². The molecule has 0 spiro atoms. The highest BCUT2D eigenvalue weighted by atomic mass is 15.2. The van der Waals surface area contributed by atoms with Gasteiger partial charge in [0.25, 0.3) is 0 Å². The Bertz CT molecular complexity index is 531. The van der Waals surface area contributed by atoms with Crippen molar-refractivity contribution in [3.8, 4) is 0 Å². The number of aliphatic imine (C=N–C) groups is 2. The van der Waals surface area contributed by atoms with Crippen LogP contribution in [0.1, 0.15) is 0 Å². The molecule has 4 aliphatic rings. The Morgan fingerprint density at radius 2 is 1.30 bits per heavy atom. The molecule has 2 fully saturated rings. The lowest BCUT2D eigenvalue weighted by Crippen LogP contribution is -2.18. The van der Waals surface area contributed by atoms with Crippen LogP contribution >= 0.6 is 0 Å². The van der Waals surface area contributed by atoms with Crippen molar-refractivity contribution in [3.63, 3.8) is 0 Å². The maximum Gasteiger partial charge on any atom is 0.0919 e. The fraction of sp³-hybridized carbons (Fsp3) is 0.375. The molecule has 0 amide bonds. The molecule has 102 valence electrons. The lowest BCUT2D eigenvalue weighted by molar-refractivity contribution is 0.942. The summed E-state index contributed by atoms with van der Waals surface area (Å²) in [5.74, 6) is 0. The molecule has 2 heterocycles. The predicted octanol–water partition coefficient (Wildman–Crippen LogP) is 0.801. The molecule has 2 saturated heterocycles. The van der Waals surface area contributed by atoms with Crippen LogP contribution in [0.25, 0.3) is 0 Å². The summed E-state index contributed by atoms with van der Waals surface area (Å²) in [6.45, 7) is 1.48. The summed E-state index contributed by atoms with van der Waals surface area (Å²) in [5, 5.41) is 6.82. The number of nitrogens with zero attached hydrogens (tertiary/aromatic N) is 2. The van der Waals surface area contributed by atoms with E-state index in [9.17, 15) is 0 Å². The Balaban J connectivity index is 1.25. The van der Waals surface area contributed by atoms with Gasteiger partial charge in [-0.2, -0.15) is 0 Å². The minimum atomic E-state index is -0.00278. The predicted molar refractivity (Wildman–Crippen MR) is 82.6 cm³/mol. The number of rotatable bonds is 5. The van der Waals surface area contributed by atoms with Crippen LogP contribution in [-0.2, 0) is 0 Å². The highest BCUT2D eigenvalue weighted by Gasteiger charge is 2.50. The first-order valence-corrected chi connectivity index (χ1v) is 7.12. The summed E-state index contributed by atoms with van der Waals surface area (Å²) in [6.07, 6.45) is 21.0. The molecular formula is C16H18N4. The number of fused-ring (bicyclic) bond motifs is 2. The van der Waals surface area contributed by atoms with Crippen LogP contribution in [0.3, 0.4) is 0 Å². The van der Waals surface area contributed by atoms with Crippen LogP contribution in [0.5, 0.6) is 0 Å². The second-order valence-corrected chi connectivity index (χ2v) is 5.67. The van der Waals surface area contributed by atoms with Crippen LogP contribution in [-0.4, -0.2) is 48.7 Å². The molecule has 4 rings (SSSR count). The first-order valence-electron chi connectivity index (χ1n) is 7.12. The zero-order valence-electron chi connectivity index (χ0n) is 11.2. The zero-order valence-corrected chi connectivity index (χ0v) is 11.2. The third-order valence-electron chi connectivity index (χ3n) is 4.21. The molecule has 0 saturated carbocycles. The Labute approximate surface area is 118 Å². The maximum atomic E-state index is 4.49. The Hall–Kier alpha value is -1.78. The minimum absolute atomic E-state index is 0.00278. The largest absolute Gasteiger partial charge is 0.293 e. The highest BCUT2D eigenvalue weighted by Crippen LogP contribution is 2.31. The van der Waals surface area contributed by atoms with Gasteiger partial charge in [-0.25, -0.2) is 0 Å². The average Bonchev–Trinajstić information content (AvgIpc) is 3.35. The summed E-state index contributed by atoms with van der Waals surface area (Å²) in [6, 6.07) is 0.878. The maximum absolute atomic E-state index is 4.49. The number of allylic oxidation sites excluding steroid dienone is 4. The quantitative estimate of drug-likeness (QED) is 0.439. The van der Waals surface area contributed by atoms with Gasteiger partial charge in [-0.05, 0) is 0 Å². The summed E-state index contributed by atoms with van der Waals surface area (Å²) in [4.78, 5) is 8.98. The van der Waals surface area contributed by atoms with Gasteiger partial charge in [0, 0.05) is 12.4 Å². The minimum Gasteiger partial charge on any atom is -0.293 e. The fourth-order valence-corrected chi connectivity index (χ4v) is 2.82. The van der Waals surface area contributed by atoms with Crippen molar-refractivity contribution in [2.24, 2.45) is 9.98 Å². The Morgan fingerprint density at radius 1 is 0.800 bits per heavy atom. The Kier molecular flexibility index (Phi) is 2.62. The number of nitrogens with one attached hydrogen (secondary N) is 2. The van der Waals surface area contributed by atoms with Crippen molar-refractivity contribution < 1.29 is 0 Å². The third kappa shape index (κ3) is 2.01. The van der Waals surface area contributed by atoms with E-state index in [0.717, 1.165) is 13.1 Å². The molecule has 2 N–H and O–H groups in total. The van der Waals surface area contributed by atoms with Gasteiger partial charge < -0.3 is 0 Å². The van der Waals surface area contributed by atoms with E-state index in [0.29, 0.717) is 12.1 Å². The van der Waals surface area contributed by atoms with Gasteiger partial charge in [0.05, 0.1) is 36.3 Å².